The van der Waals surface area contributed by atoms with E-state index in [4.69, 9.17) is 0 Å². The van der Waals surface area contributed by atoms with Crippen molar-refractivity contribution >= 4 is 0 Å². The van der Waals surface area contributed by atoms with Gasteiger partial charge in [0.15, 0.2) is 0 Å². The maximum atomic E-state index is 10.1. The Morgan fingerprint density at radius 2 is 1.53 bits per heavy atom. The lowest BCUT2D eigenvalue weighted by Crippen LogP contribution is -2.45. The van der Waals surface area contributed by atoms with Crippen LogP contribution in [0.5, 0.6) is 0 Å². The second-order valence-electron chi connectivity index (χ2n) is 7.27. The van der Waals surface area contributed by atoms with Crippen molar-refractivity contribution in [3.63, 3.8) is 0 Å². The standard InChI is InChI=1S/C17H31NO/c19-17(14-10-11-14)12-18-16-9-5-4-8-15(16)13-6-2-1-3-7-13/h13-19H,1-12H2. The fraction of sp³-hybridized carbons (Fsp3) is 1.00. The normalized spacial score (nSPS) is 35.2. The maximum Gasteiger partial charge on any atom is 0.0692 e. The van der Waals surface area contributed by atoms with Crippen LogP contribution in [0.3, 0.4) is 0 Å². The molecule has 0 spiro atoms. The molecule has 0 amide bonds. The van der Waals surface area contributed by atoms with Gasteiger partial charge in [-0.1, -0.05) is 44.9 Å². The fourth-order valence-electron chi connectivity index (χ4n) is 4.46. The number of hydrogen-bond acceptors (Lipinski definition) is 2. The van der Waals surface area contributed by atoms with Crippen molar-refractivity contribution in [3.8, 4) is 0 Å². The largest absolute Gasteiger partial charge is 0.392 e. The van der Waals surface area contributed by atoms with E-state index in [1.54, 1.807) is 0 Å². The molecule has 0 radical (unpaired) electrons. The lowest BCUT2D eigenvalue weighted by Gasteiger charge is -2.40. The smallest absolute Gasteiger partial charge is 0.0692 e. The third kappa shape index (κ3) is 3.72. The Labute approximate surface area is 118 Å². The molecule has 3 saturated carbocycles. The van der Waals surface area contributed by atoms with Crippen LogP contribution >= 0.6 is 0 Å². The first-order valence-electron chi connectivity index (χ1n) is 8.76. The zero-order chi connectivity index (χ0) is 13.1. The minimum Gasteiger partial charge on any atom is -0.392 e. The molecule has 0 aromatic rings. The highest BCUT2D eigenvalue weighted by Gasteiger charge is 2.34. The van der Waals surface area contributed by atoms with Gasteiger partial charge in [0.2, 0.25) is 0 Å². The average molecular weight is 265 g/mol. The van der Waals surface area contributed by atoms with Crippen LogP contribution in [0, 0.1) is 17.8 Å². The van der Waals surface area contributed by atoms with E-state index in [9.17, 15) is 5.11 Å². The van der Waals surface area contributed by atoms with Crippen molar-refractivity contribution in [2.45, 2.75) is 82.8 Å². The van der Waals surface area contributed by atoms with Crippen molar-refractivity contribution in [2.24, 2.45) is 17.8 Å². The van der Waals surface area contributed by atoms with Gasteiger partial charge in [-0.2, -0.15) is 0 Å². The van der Waals surface area contributed by atoms with E-state index in [1.807, 2.05) is 0 Å². The molecule has 19 heavy (non-hydrogen) atoms. The molecule has 0 aromatic carbocycles. The SMILES string of the molecule is OC(CNC1CCCCC1C1CCCCC1)C1CC1. The van der Waals surface area contributed by atoms with E-state index in [2.05, 4.69) is 5.32 Å². The fourth-order valence-corrected chi connectivity index (χ4v) is 4.46. The summed E-state index contributed by atoms with van der Waals surface area (Å²) < 4.78 is 0. The predicted octanol–water partition coefficient (Wildman–Crippen LogP) is 3.49. The zero-order valence-corrected chi connectivity index (χ0v) is 12.3. The van der Waals surface area contributed by atoms with Crippen LogP contribution in [-0.2, 0) is 0 Å². The Balaban J connectivity index is 1.50. The van der Waals surface area contributed by atoms with Crippen molar-refractivity contribution in [1.29, 1.82) is 0 Å². The molecule has 0 bridgehead atoms. The summed E-state index contributed by atoms with van der Waals surface area (Å²) in [6.07, 6.45) is 15.3. The summed E-state index contributed by atoms with van der Waals surface area (Å²) in [5, 5.41) is 13.8. The van der Waals surface area contributed by atoms with E-state index in [-0.39, 0.29) is 6.10 Å². The highest BCUT2D eigenvalue weighted by Crippen LogP contribution is 2.38. The summed E-state index contributed by atoms with van der Waals surface area (Å²) in [5.41, 5.74) is 0. The third-order valence-corrected chi connectivity index (χ3v) is 5.83. The first kappa shape index (κ1) is 13.9. The minimum absolute atomic E-state index is 0.0751. The summed E-state index contributed by atoms with van der Waals surface area (Å²) >= 11 is 0. The molecule has 0 aliphatic heterocycles. The Bertz CT molecular complexity index is 270. The van der Waals surface area contributed by atoms with Crippen molar-refractivity contribution in [3.05, 3.63) is 0 Å². The van der Waals surface area contributed by atoms with Gasteiger partial charge in [0.1, 0.15) is 0 Å². The van der Waals surface area contributed by atoms with Gasteiger partial charge in [0.05, 0.1) is 6.10 Å². The van der Waals surface area contributed by atoms with Crippen LogP contribution in [-0.4, -0.2) is 23.8 Å². The van der Waals surface area contributed by atoms with Gasteiger partial charge in [-0.25, -0.2) is 0 Å². The molecule has 3 aliphatic rings. The molecular formula is C17H31NO. The number of nitrogens with one attached hydrogen (secondary N) is 1. The number of aliphatic hydroxyl groups is 1. The molecular weight excluding hydrogens is 234 g/mol. The second-order valence-corrected chi connectivity index (χ2v) is 7.27. The highest BCUT2D eigenvalue weighted by molar-refractivity contribution is 4.89. The highest BCUT2D eigenvalue weighted by atomic mass is 16.3. The predicted molar refractivity (Wildman–Crippen MR) is 79.1 cm³/mol. The average Bonchev–Trinajstić information content (AvgIpc) is 3.31. The zero-order valence-electron chi connectivity index (χ0n) is 12.3. The number of rotatable bonds is 5. The van der Waals surface area contributed by atoms with E-state index < -0.39 is 0 Å². The molecule has 0 saturated heterocycles. The van der Waals surface area contributed by atoms with Crippen molar-refractivity contribution in [2.75, 3.05) is 6.54 Å². The van der Waals surface area contributed by atoms with Crippen molar-refractivity contribution < 1.29 is 5.11 Å². The molecule has 0 aromatic heterocycles. The van der Waals surface area contributed by atoms with Gasteiger partial charge in [0.25, 0.3) is 0 Å². The molecule has 3 unspecified atom stereocenters. The molecule has 2 N–H and O–H groups in total. The monoisotopic (exact) mass is 265 g/mol. The Morgan fingerprint density at radius 1 is 0.842 bits per heavy atom. The molecule has 3 atom stereocenters. The van der Waals surface area contributed by atoms with Gasteiger partial charge in [-0.05, 0) is 43.4 Å². The molecule has 0 heterocycles. The summed E-state index contributed by atoms with van der Waals surface area (Å²) in [7, 11) is 0. The quantitative estimate of drug-likeness (QED) is 0.797. The molecule has 2 heteroatoms. The van der Waals surface area contributed by atoms with Crippen LogP contribution in [0.2, 0.25) is 0 Å². The topological polar surface area (TPSA) is 32.3 Å². The lowest BCUT2D eigenvalue weighted by atomic mass is 9.71. The summed E-state index contributed by atoms with van der Waals surface area (Å²) in [4.78, 5) is 0. The van der Waals surface area contributed by atoms with E-state index in [0.29, 0.717) is 12.0 Å². The van der Waals surface area contributed by atoms with E-state index >= 15 is 0 Å². The second kappa shape index (κ2) is 6.58. The van der Waals surface area contributed by atoms with Gasteiger partial charge < -0.3 is 10.4 Å². The Kier molecular flexibility index (Phi) is 4.81. The number of hydrogen-bond donors (Lipinski definition) is 2. The van der Waals surface area contributed by atoms with Gasteiger partial charge in [0, 0.05) is 12.6 Å². The maximum absolute atomic E-state index is 10.1. The van der Waals surface area contributed by atoms with Crippen LogP contribution in [0.15, 0.2) is 0 Å². The summed E-state index contributed by atoms with van der Waals surface area (Å²) in [5.74, 6) is 2.49. The van der Waals surface area contributed by atoms with Gasteiger partial charge in [-0.15, -0.1) is 0 Å². The molecule has 3 aliphatic carbocycles. The molecule has 110 valence electrons. The summed E-state index contributed by atoms with van der Waals surface area (Å²) in [6.45, 7) is 0.846. The first-order valence-corrected chi connectivity index (χ1v) is 8.76. The van der Waals surface area contributed by atoms with Crippen LogP contribution in [0.4, 0.5) is 0 Å². The molecule has 3 rings (SSSR count). The number of aliphatic hydroxyl groups excluding tert-OH is 1. The minimum atomic E-state index is -0.0751. The Hall–Kier alpha value is -0.0800. The lowest BCUT2D eigenvalue weighted by molar-refractivity contribution is 0.112. The molecule has 3 fully saturated rings. The van der Waals surface area contributed by atoms with Crippen LogP contribution in [0.25, 0.3) is 0 Å². The van der Waals surface area contributed by atoms with Crippen molar-refractivity contribution in [1.82, 2.24) is 5.32 Å². The summed E-state index contributed by atoms with van der Waals surface area (Å²) in [6, 6.07) is 0.699. The molecule has 2 nitrogen and oxygen atoms in total. The third-order valence-electron chi connectivity index (χ3n) is 5.83. The van der Waals surface area contributed by atoms with Crippen LogP contribution in [0.1, 0.15) is 70.6 Å². The Morgan fingerprint density at radius 3 is 2.26 bits per heavy atom. The van der Waals surface area contributed by atoms with Crippen LogP contribution < -0.4 is 5.32 Å². The van der Waals surface area contributed by atoms with Gasteiger partial charge >= 0.3 is 0 Å². The van der Waals surface area contributed by atoms with E-state index in [0.717, 1.165) is 18.4 Å². The first-order chi connectivity index (χ1) is 9.34. The van der Waals surface area contributed by atoms with E-state index in [1.165, 1.54) is 70.6 Å². The van der Waals surface area contributed by atoms with Gasteiger partial charge in [-0.3, -0.25) is 0 Å².